The molecule has 0 spiro atoms. The third-order valence-electron chi connectivity index (χ3n) is 3.22. The van der Waals surface area contributed by atoms with Crippen LogP contribution in [-0.4, -0.2) is 23.1 Å². The molecule has 5 heteroatoms. The highest BCUT2D eigenvalue weighted by Gasteiger charge is 2.20. The lowest BCUT2D eigenvalue weighted by Crippen LogP contribution is -2.34. The topological polar surface area (TPSA) is 55.0 Å². The van der Waals surface area contributed by atoms with E-state index in [9.17, 15) is 0 Å². The number of nitrogens with zero attached hydrogens (tertiary/aromatic N) is 3. The summed E-state index contributed by atoms with van der Waals surface area (Å²) in [6.07, 6.45) is 7.89. The molecule has 1 aromatic heterocycles. The Labute approximate surface area is 101 Å². The van der Waals surface area contributed by atoms with E-state index < -0.39 is 0 Å². The molecule has 0 saturated heterocycles. The van der Waals surface area contributed by atoms with Gasteiger partial charge < -0.3 is 10.6 Å². The van der Waals surface area contributed by atoms with Crippen molar-refractivity contribution in [3.8, 4) is 0 Å². The first-order valence-electron chi connectivity index (χ1n) is 5.69. The lowest BCUT2D eigenvalue weighted by atomic mass is 9.94. The lowest BCUT2D eigenvalue weighted by Gasteiger charge is -2.32. The zero-order valence-electron chi connectivity index (χ0n) is 9.49. The van der Waals surface area contributed by atoms with E-state index in [1.54, 1.807) is 6.20 Å². The molecule has 0 aliphatic heterocycles. The molecule has 16 heavy (non-hydrogen) atoms. The third-order valence-corrected chi connectivity index (χ3v) is 3.41. The van der Waals surface area contributed by atoms with E-state index in [1.165, 1.54) is 32.1 Å². The number of hydrogen-bond acceptors (Lipinski definition) is 4. The van der Waals surface area contributed by atoms with E-state index in [2.05, 4.69) is 14.9 Å². The van der Waals surface area contributed by atoms with Crippen molar-refractivity contribution in [1.82, 2.24) is 9.97 Å². The minimum Gasteiger partial charge on any atom is -0.394 e. The van der Waals surface area contributed by atoms with Gasteiger partial charge in [0.05, 0.1) is 11.9 Å². The van der Waals surface area contributed by atoms with E-state index in [1.807, 2.05) is 7.05 Å². The largest absolute Gasteiger partial charge is 0.394 e. The molecule has 0 radical (unpaired) electrons. The van der Waals surface area contributed by atoms with Crippen molar-refractivity contribution < 1.29 is 0 Å². The maximum atomic E-state index is 5.87. The summed E-state index contributed by atoms with van der Waals surface area (Å²) >= 11 is 5.80. The SMILES string of the molecule is CN(c1nc(Cl)ncc1N)C1CCCCC1. The van der Waals surface area contributed by atoms with E-state index in [4.69, 9.17) is 17.3 Å². The van der Waals surface area contributed by atoms with Crippen molar-refractivity contribution in [2.45, 2.75) is 38.1 Å². The quantitative estimate of drug-likeness (QED) is 0.807. The van der Waals surface area contributed by atoms with Crippen LogP contribution in [0.1, 0.15) is 32.1 Å². The molecule has 0 unspecified atom stereocenters. The molecule has 88 valence electrons. The average Bonchev–Trinajstić information content (AvgIpc) is 2.32. The van der Waals surface area contributed by atoms with Crippen LogP contribution in [0.2, 0.25) is 5.28 Å². The van der Waals surface area contributed by atoms with Gasteiger partial charge in [0.1, 0.15) is 0 Å². The van der Waals surface area contributed by atoms with Crippen LogP contribution in [0.4, 0.5) is 11.5 Å². The second kappa shape index (κ2) is 4.87. The Hall–Kier alpha value is -1.03. The van der Waals surface area contributed by atoms with Crippen molar-refractivity contribution in [2.24, 2.45) is 0 Å². The lowest BCUT2D eigenvalue weighted by molar-refractivity contribution is 0.426. The number of rotatable bonds is 2. The van der Waals surface area contributed by atoms with Crippen molar-refractivity contribution in [3.63, 3.8) is 0 Å². The van der Waals surface area contributed by atoms with Gasteiger partial charge in [-0.2, -0.15) is 4.98 Å². The van der Waals surface area contributed by atoms with Gasteiger partial charge in [0.2, 0.25) is 5.28 Å². The number of aromatic nitrogens is 2. The summed E-state index contributed by atoms with van der Waals surface area (Å²) in [6, 6.07) is 0.530. The fraction of sp³-hybridized carbons (Fsp3) is 0.636. The molecule has 0 bridgehead atoms. The predicted octanol–water partition coefficient (Wildman–Crippen LogP) is 2.48. The van der Waals surface area contributed by atoms with Crippen LogP contribution in [0.3, 0.4) is 0 Å². The number of halogens is 1. The number of nitrogens with two attached hydrogens (primary N) is 1. The maximum Gasteiger partial charge on any atom is 0.224 e. The van der Waals surface area contributed by atoms with Crippen LogP contribution in [0.15, 0.2) is 6.20 Å². The van der Waals surface area contributed by atoms with Gasteiger partial charge in [-0.05, 0) is 24.4 Å². The van der Waals surface area contributed by atoms with Crippen molar-refractivity contribution in [2.75, 3.05) is 17.7 Å². The Balaban J connectivity index is 2.18. The van der Waals surface area contributed by atoms with Crippen LogP contribution in [0.25, 0.3) is 0 Å². The van der Waals surface area contributed by atoms with E-state index in [0.29, 0.717) is 11.7 Å². The van der Waals surface area contributed by atoms with Gasteiger partial charge in [-0.15, -0.1) is 0 Å². The molecular weight excluding hydrogens is 224 g/mol. The monoisotopic (exact) mass is 240 g/mol. The number of hydrogen-bond donors (Lipinski definition) is 1. The maximum absolute atomic E-state index is 5.87. The average molecular weight is 241 g/mol. The highest BCUT2D eigenvalue weighted by Crippen LogP contribution is 2.28. The molecule has 1 aliphatic carbocycles. The van der Waals surface area contributed by atoms with Gasteiger partial charge in [0, 0.05) is 13.1 Å². The van der Waals surface area contributed by atoms with E-state index in [0.717, 1.165) is 5.82 Å². The fourth-order valence-corrected chi connectivity index (χ4v) is 2.41. The molecule has 1 fully saturated rings. The minimum absolute atomic E-state index is 0.256. The zero-order valence-corrected chi connectivity index (χ0v) is 10.2. The van der Waals surface area contributed by atoms with Gasteiger partial charge >= 0.3 is 0 Å². The Bertz CT molecular complexity index is 363. The first-order chi connectivity index (χ1) is 7.68. The molecule has 2 N–H and O–H groups in total. The van der Waals surface area contributed by atoms with Crippen LogP contribution in [-0.2, 0) is 0 Å². The van der Waals surface area contributed by atoms with Crippen molar-refractivity contribution in [3.05, 3.63) is 11.5 Å². The Morgan fingerprint density at radius 1 is 1.38 bits per heavy atom. The molecule has 0 atom stereocenters. The fourth-order valence-electron chi connectivity index (χ4n) is 2.29. The third kappa shape index (κ3) is 2.38. The molecule has 0 amide bonds. The zero-order chi connectivity index (χ0) is 11.5. The second-order valence-electron chi connectivity index (χ2n) is 4.32. The summed E-state index contributed by atoms with van der Waals surface area (Å²) in [7, 11) is 2.03. The van der Waals surface area contributed by atoms with Crippen LogP contribution >= 0.6 is 11.6 Å². The summed E-state index contributed by atoms with van der Waals surface area (Å²) in [5.74, 6) is 0.756. The van der Waals surface area contributed by atoms with Crippen molar-refractivity contribution >= 4 is 23.1 Å². The van der Waals surface area contributed by atoms with Crippen LogP contribution < -0.4 is 10.6 Å². The summed E-state index contributed by atoms with van der Waals surface area (Å²) in [5.41, 5.74) is 6.47. The summed E-state index contributed by atoms with van der Waals surface area (Å²) in [4.78, 5) is 10.2. The summed E-state index contributed by atoms with van der Waals surface area (Å²) < 4.78 is 0. The Morgan fingerprint density at radius 3 is 2.75 bits per heavy atom. The van der Waals surface area contributed by atoms with Crippen molar-refractivity contribution in [1.29, 1.82) is 0 Å². The van der Waals surface area contributed by atoms with Crippen LogP contribution in [0, 0.1) is 0 Å². The molecule has 0 aromatic carbocycles. The molecule has 1 heterocycles. The standard InChI is InChI=1S/C11H17ClN4/c1-16(8-5-3-2-4-6-8)10-9(13)7-14-11(12)15-10/h7-8H,2-6,13H2,1H3. The first kappa shape index (κ1) is 11.5. The van der Waals surface area contributed by atoms with Gasteiger partial charge in [0.25, 0.3) is 0 Å². The van der Waals surface area contributed by atoms with E-state index >= 15 is 0 Å². The Morgan fingerprint density at radius 2 is 2.06 bits per heavy atom. The molecule has 2 rings (SSSR count). The van der Waals surface area contributed by atoms with Gasteiger partial charge in [-0.1, -0.05) is 19.3 Å². The molecule has 1 aliphatic rings. The Kier molecular flexibility index (Phi) is 3.49. The van der Waals surface area contributed by atoms with Gasteiger partial charge in [-0.25, -0.2) is 4.98 Å². The molecule has 1 saturated carbocycles. The molecule has 1 aromatic rings. The summed E-state index contributed by atoms with van der Waals surface area (Å²) in [5, 5.41) is 0.256. The molecule has 4 nitrogen and oxygen atoms in total. The van der Waals surface area contributed by atoms with E-state index in [-0.39, 0.29) is 5.28 Å². The van der Waals surface area contributed by atoms with Gasteiger partial charge in [-0.3, -0.25) is 0 Å². The number of anilines is 2. The number of nitrogen functional groups attached to an aromatic ring is 1. The molecular formula is C11H17ClN4. The highest BCUT2D eigenvalue weighted by molar-refractivity contribution is 6.28. The first-order valence-corrected chi connectivity index (χ1v) is 6.07. The smallest absolute Gasteiger partial charge is 0.224 e. The second-order valence-corrected chi connectivity index (χ2v) is 4.66. The minimum atomic E-state index is 0.256. The van der Waals surface area contributed by atoms with Gasteiger partial charge in [0.15, 0.2) is 5.82 Å². The highest BCUT2D eigenvalue weighted by atomic mass is 35.5. The van der Waals surface area contributed by atoms with Crippen LogP contribution in [0.5, 0.6) is 0 Å². The normalized spacial score (nSPS) is 17.4. The predicted molar refractivity (Wildman–Crippen MR) is 66.7 cm³/mol. The summed E-state index contributed by atoms with van der Waals surface area (Å²) in [6.45, 7) is 0.